The van der Waals surface area contributed by atoms with Crippen LogP contribution in [0.15, 0.2) is 21.4 Å². The lowest BCUT2D eigenvalue weighted by Gasteiger charge is -2.37. The van der Waals surface area contributed by atoms with E-state index in [0.29, 0.717) is 40.2 Å². The molecule has 11 nitrogen and oxygen atoms in total. The van der Waals surface area contributed by atoms with Gasteiger partial charge >= 0.3 is 11.8 Å². The smallest absolute Gasteiger partial charge is 0.311 e. The Bertz CT molecular complexity index is 1280. The standard InChI is InChI=1S/C25H38N6O5S/c1-18-14-21(35-5)15-19(2)23(18)37(33,34)29(4)17-22-26-27-24(36-22)25(32)31-12-10-30(11-13-31)16-20-6-8-28(3)9-7-20/h14-15,20H,6-13,16-17H2,1-5H3/i4D3. The summed E-state index contributed by atoms with van der Waals surface area (Å²) < 4.78 is 61.9. The normalized spacial score (nSPS) is 20.0. The monoisotopic (exact) mass is 537 g/mol. The van der Waals surface area contributed by atoms with Crippen LogP contribution < -0.4 is 4.74 Å². The van der Waals surface area contributed by atoms with Gasteiger partial charge in [-0.2, -0.15) is 4.31 Å². The van der Waals surface area contributed by atoms with E-state index in [0.717, 1.165) is 32.7 Å². The zero-order valence-corrected chi connectivity index (χ0v) is 22.8. The summed E-state index contributed by atoms with van der Waals surface area (Å²) in [5.41, 5.74) is 0.671. The van der Waals surface area contributed by atoms with Gasteiger partial charge in [-0.05, 0) is 76.0 Å². The van der Waals surface area contributed by atoms with E-state index < -0.39 is 29.5 Å². The van der Waals surface area contributed by atoms with Crippen LogP contribution in [-0.2, 0) is 16.6 Å². The Morgan fingerprint density at radius 2 is 1.78 bits per heavy atom. The molecule has 2 saturated heterocycles. The summed E-state index contributed by atoms with van der Waals surface area (Å²) >= 11 is 0. The lowest BCUT2D eigenvalue weighted by atomic mass is 9.96. The maximum Gasteiger partial charge on any atom is 0.311 e. The number of aryl methyl sites for hydroxylation is 2. The van der Waals surface area contributed by atoms with E-state index in [2.05, 4.69) is 27.0 Å². The Balaban J connectivity index is 1.43. The van der Waals surface area contributed by atoms with E-state index in [1.807, 2.05) is 0 Å². The second kappa shape index (κ2) is 11.5. The summed E-state index contributed by atoms with van der Waals surface area (Å²) in [4.78, 5) is 19.3. The third kappa shape index (κ3) is 6.31. The number of likely N-dealkylation sites (tertiary alicyclic amines) is 1. The Hall–Kier alpha value is -2.54. The maximum atomic E-state index is 13.6. The predicted octanol–water partition coefficient (Wildman–Crippen LogP) is 1.62. The number of sulfonamides is 1. The van der Waals surface area contributed by atoms with Gasteiger partial charge in [-0.3, -0.25) is 9.69 Å². The molecule has 204 valence electrons. The number of piperazine rings is 1. The van der Waals surface area contributed by atoms with Crippen LogP contribution in [0, 0.1) is 19.8 Å². The number of rotatable bonds is 8. The first-order chi connectivity index (χ1) is 18.8. The minimum atomic E-state index is -4.51. The van der Waals surface area contributed by atoms with Gasteiger partial charge in [-0.1, -0.05) is 0 Å². The number of carbonyl (C=O) groups is 1. The SMILES string of the molecule is [2H]C([2H])([2H])N(Cc1nnc(C(=O)N2CCN(CC3CCN(C)CC3)CC2)o1)S(=O)(=O)c1c(C)cc(OC)cc1C. The van der Waals surface area contributed by atoms with E-state index >= 15 is 0 Å². The molecule has 3 heterocycles. The van der Waals surface area contributed by atoms with Crippen molar-refractivity contribution < 1.29 is 26.5 Å². The lowest BCUT2D eigenvalue weighted by Crippen LogP contribution is -2.50. The molecule has 0 spiro atoms. The molecule has 0 saturated carbocycles. The number of carbonyl (C=O) groups excluding carboxylic acids is 1. The summed E-state index contributed by atoms with van der Waals surface area (Å²) in [5.74, 6) is 0.0889. The molecule has 0 bridgehead atoms. The lowest BCUT2D eigenvalue weighted by molar-refractivity contribution is 0.0556. The van der Waals surface area contributed by atoms with Gasteiger partial charge in [-0.15, -0.1) is 10.2 Å². The number of methoxy groups -OCH3 is 1. The summed E-state index contributed by atoms with van der Waals surface area (Å²) in [6.45, 7) is 5.13. The van der Waals surface area contributed by atoms with Crippen LogP contribution in [0.3, 0.4) is 0 Å². The summed E-state index contributed by atoms with van der Waals surface area (Å²) in [6, 6.07) is 3.04. The van der Waals surface area contributed by atoms with Gasteiger partial charge in [0.1, 0.15) is 5.75 Å². The van der Waals surface area contributed by atoms with Crippen LogP contribution in [0.4, 0.5) is 0 Å². The maximum absolute atomic E-state index is 13.6. The van der Waals surface area contributed by atoms with Crippen molar-refractivity contribution in [3.8, 4) is 5.75 Å². The average Bonchev–Trinajstić information content (AvgIpc) is 3.36. The second-order valence-corrected chi connectivity index (χ2v) is 11.7. The van der Waals surface area contributed by atoms with Crippen LogP contribution in [0.25, 0.3) is 0 Å². The summed E-state index contributed by atoms with van der Waals surface area (Å²) in [6.07, 6.45) is 2.36. The Morgan fingerprint density at radius 3 is 2.38 bits per heavy atom. The summed E-state index contributed by atoms with van der Waals surface area (Å²) in [5, 5.41) is 7.62. The fourth-order valence-electron chi connectivity index (χ4n) is 5.04. The van der Waals surface area contributed by atoms with Crippen LogP contribution in [0.5, 0.6) is 5.75 Å². The molecule has 12 heteroatoms. The van der Waals surface area contributed by atoms with Crippen molar-refractivity contribution in [2.75, 3.05) is 66.9 Å². The molecular weight excluding hydrogens is 496 g/mol. The third-order valence-electron chi connectivity index (χ3n) is 7.16. The van der Waals surface area contributed by atoms with Crippen LogP contribution in [0.2, 0.25) is 0 Å². The molecular formula is C25H38N6O5S. The number of benzene rings is 1. The van der Waals surface area contributed by atoms with Gasteiger partial charge in [0.05, 0.1) is 18.6 Å². The third-order valence-corrected chi connectivity index (χ3v) is 9.03. The zero-order valence-electron chi connectivity index (χ0n) is 24.9. The molecule has 0 radical (unpaired) electrons. The fraction of sp³-hybridized carbons (Fsp3) is 0.640. The number of hydrogen-bond acceptors (Lipinski definition) is 9. The van der Waals surface area contributed by atoms with Gasteiger partial charge in [0.2, 0.25) is 15.9 Å². The van der Waals surface area contributed by atoms with Gasteiger partial charge in [0, 0.05) is 43.8 Å². The van der Waals surface area contributed by atoms with Crippen LogP contribution in [0.1, 0.15) is 44.7 Å². The van der Waals surface area contributed by atoms with Gasteiger partial charge in [-0.25, -0.2) is 8.42 Å². The van der Waals surface area contributed by atoms with Crippen molar-refractivity contribution in [1.29, 1.82) is 0 Å². The largest absolute Gasteiger partial charge is 0.497 e. The summed E-state index contributed by atoms with van der Waals surface area (Å²) in [7, 11) is -0.907. The molecule has 4 rings (SSSR count). The predicted molar refractivity (Wildman–Crippen MR) is 138 cm³/mol. The first-order valence-electron chi connectivity index (χ1n) is 14.0. The van der Waals surface area contributed by atoms with Crippen molar-refractivity contribution in [3.05, 3.63) is 35.0 Å². The van der Waals surface area contributed by atoms with E-state index in [9.17, 15) is 13.2 Å². The molecule has 1 aromatic heterocycles. The van der Waals surface area contributed by atoms with Crippen molar-refractivity contribution in [1.82, 2.24) is 29.2 Å². The molecule has 2 fully saturated rings. The second-order valence-electron chi connectivity index (χ2n) is 9.94. The highest BCUT2D eigenvalue weighted by Crippen LogP contribution is 2.28. The highest BCUT2D eigenvalue weighted by molar-refractivity contribution is 7.89. The number of hydrogen-bond donors (Lipinski definition) is 0. The number of aromatic nitrogens is 2. The zero-order chi connectivity index (χ0) is 29.2. The Labute approximate surface area is 223 Å². The molecule has 1 amide bonds. The number of piperidine rings is 1. The number of amides is 1. The number of ether oxygens (including phenoxy) is 1. The van der Waals surface area contributed by atoms with Crippen molar-refractivity contribution in [2.24, 2.45) is 5.92 Å². The van der Waals surface area contributed by atoms with Crippen LogP contribution in [-0.4, -0.2) is 110 Å². The highest BCUT2D eigenvalue weighted by atomic mass is 32.2. The van der Waals surface area contributed by atoms with Gasteiger partial charge in [0.15, 0.2) is 0 Å². The fourth-order valence-corrected chi connectivity index (χ4v) is 6.47. The minimum Gasteiger partial charge on any atom is -0.497 e. The number of nitrogens with zero attached hydrogens (tertiary/aromatic N) is 6. The minimum absolute atomic E-state index is 0.140. The average molecular weight is 538 g/mol. The molecule has 2 aliphatic rings. The molecule has 0 aliphatic carbocycles. The van der Waals surface area contributed by atoms with E-state index in [1.54, 1.807) is 18.7 Å². The van der Waals surface area contributed by atoms with E-state index in [-0.39, 0.29) is 16.7 Å². The highest BCUT2D eigenvalue weighted by Gasteiger charge is 2.30. The van der Waals surface area contributed by atoms with E-state index in [4.69, 9.17) is 13.3 Å². The van der Waals surface area contributed by atoms with Crippen molar-refractivity contribution in [2.45, 2.75) is 38.1 Å². The van der Waals surface area contributed by atoms with E-state index in [1.165, 1.54) is 32.1 Å². The van der Waals surface area contributed by atoms with Gasteiger partial charge < -0.3 is 19.0 Å². The molecule has 0 N–H and O–H groups in total. The van der Waals surface area contributed by atoms with Crippen molar-refractivity contribution >= 4 is 15.9 Å². The molecule has 2 aromatic rings. The van der Waals surface area contributed by atoms with Gasteiger partial charge in [0.25, 0.3) is 0 Å². The molecule has 1 aromatic carbocycles. The topological polar surface area (TPSA) is 112 Å². The molecule has 0 unspecified atom stereocenters. The molecule has 37 heavy (non-hydrogen) atoms. The van der Waals surface area contributed by atoms with Crippen LogP contribution >= 0.6 is 0 Å². The quantitative estimate of drug-likeness (QED) is 0.496. The Morgan fingerprint density at radius 1 is 1.14 bits per heavy atom. The molecule has 2 aliphatic heterocycles. The Kier molecular flexibility index (Phi) is 7.30. The molecule has 0 atom stereocenters. The first-order valence-corrected chi connectivity index (χ1v) is 13.9. The van der Waals surface area contributed by atoms with Crippen molar-refractivity contribution in [3.63, 3.8) is 0 Å². The first kappa shape index (κ1) is 23.6.